The Balaban J connectivity index is 2.14. The average molecular weight is 375 g/mol. The summed E-state index contributed by atoms with van der Waals surface area (Å²) in [4.78, 5) is 24.9. The van der Waals surface area contributed by atoms with Crippen molar-refractivity contribution in [2.45, 2.75) is 6.04 Å². The van der Waals surface area contributed by atoms with Crippen LogP contribution < -0.4 is 10.1 Å². The van der Waals surface area contributed by atoms with E-state index in [0.29, 0.717) is 28.2 Å². The first-order valence-corrected chi connectivity index (χ1v) is 8.19. The van der Waals surface area contributed by atoms with E-state index in [4.69, 9.17) is 4.74 Å². The maximum Gasteiger partial charge on any atom is 0.327 e. The molecule has 8 heteroatoms. The first-order chi connectivity index (χ1) is 10.0. The highest BCUT2D eigenvalue weighted by Crippen LogP contribution is 2.28. The number of amides is 2. The average Bonchev–Trinajstić information content (AvgIpc) is 2.49. The Hall–Kier alpha value is -1.41. The first-order valence-electron chi connectivity index (χ1n) is 6.24. The van der Waals surface area contributed by atoms with Crippen molar-refractivity contribution in [2.75, 3.05) is 30.5 Å². The minimum atomic E-state index is -0.984. The van der Waals surface area contributed by atoms with E-state index in [1.165, 1.54) is 23.8 Å². The number of hydrogen-bond donors (Lipinski definition) is 2. The molecule has 0 aliphatic carbocycles. The van der Waals surface area contributed by atoms with Gasteiger partial charge >= 0.3 is 12.0 Å². The van der Waals surface area contributed by atoms with E-state index in [-0.39, 0.29) is 0 Å². The van der Waals surface area contributed by atoms with Gasteiger partial charge in [0.2, 0.25) is 0 Å². The number of nitrogens with one attached hydrogen (secondary N) is 1. The molecule has 1 aliphatic heterocycles. The lowest BCUT2D eigenvalue weighted by Gasteiger charge is -2.32. The molecule has 0 radical (unpaired) electrons. The SMILES string of the molecule is COc1ccc(Br)c(NC(=O)N2CCSCC2C(=O)O)c1. The van der Waals surface area contributed by atoms with Crippen molar-refractivity contribution in [3.8, 4) is 5.75 Å². The van der Waals surface area contributed by atoms with Crippen molar-refractivity contribution in [1.29, 1.82) is 0 Å². The van der Waals surface area contributed by atoms with Crippen molar-refractivity contribution in [3.05, 3.63) is 22.7 Å². The van der Waals surface area contributed by atoms with Crippen molar-refractivity contribution < 1.29 is 19.4 Å². The monoisotopic (exact) mass is 374 g/mol. The van der Waals surface area contributed by atoms with E-state index in [1.54, 1.807) is 18.2 Å². The number of urea groups is 1. The van der Waals surface area contributed by atoms with Crippen LogP contribution >= 0.6 is 27.7 Å². The van der Waals surface area contributed by atoms with Gasteiger partial charge in [-0.15, -0.1) is 0 Å². The van der Waals surface area contributed by atoms with E-state index >= 15 is 0 Å². The zero-order valence-corrected chi connectivity index (χ0v) is 13.7. The summed E-state index contributed by atoms with van der Waals surface area (Å²) >= 11 is 4.88. The smallest absolute Gasteiger partial charge is 0.327 e. The van der Waals surface area contributed by atoms with Crippen LogP contribution in [0.3, 0.4) is 0 Å². The fourth-order valence-electron chi connectivity index (χ4n) is 1.97. The van der Waals surface area contributed by atoms with Gasteiger partial charge in [0.05, 0.1) is 12.8 Å². The number of nitrogens with zero attached hydrogens (tertiary/aromatic N) is 1. The van der Waals surface area contributed by atoms with Crippen molar-refractivity contribution in [1.82, 2.24) is 4.90 Å². The predicted molar refractivity (Wildman–Crippen MR) is 85.2 cm³/mol. The number of thioether (sulfide) groups is 1. The standard InChI is InChI=1S/C13H15BrN2O4S/c1-20-8-2-3-9(14)10(6-8)15-13(19)16-4-5-21-7-11(16)12(17)18/h2-3,6,11H,4-5,7H2,1H3,(H,15,19)(H,17,18). The number of rotatable bonds is 3. The van der Waals surface area contributed by atoms with Gasteiger partial charge < -0.3 is 20.1 Å². The van der Waals surface area contributed by atoms with Gasteiger partial charge in [0, 0.05) is 28.6 Å². The van der Waals surface area contributed by atoms with E-state index in [2.05, 4.69) is 21.2 Å². The minimum absolute atomic E-state index is 0.405. The molecule has 1 saturated heterocycles. The normalized spacial score (nSPS) is 18.2. The number of carboxylic acid groups (broad SMARTS) is 1. The molecule has 1 fully saturated rings. The van der Waals surface area contributed by atoms with Gasteiger partial charge in [0.25, 0.3) is 0 Å². The van der Waals surface area contributed by atoms with Crippen LogP contribution in [0.2, 0.25) is 0 Å². The number of ether oxygens (including phenoxy) is 1. The zero-order valence-electron chi connectivity index (χ0n) is 11.3. The second kappa shape index (κ2) is 7.04. The van der Waals surface area contributed by atoms with Crippen LogP contribution in [0.4, 0.5) is 10.5 Å². The van der Waals surface area contributed by atoms with Gasteiger partial charge in [-0.25, -0.2) is 9.59 Å². The molecule has 1 heterocycles. The molecule has 6 nitrogen and oxygen atoms in total. The number of carboxylic acids is 1. The molecule has 1 aromatic carbocycles. The van der Waals surface area contributed by atoms with Crippen molar-refractivity contribution >= 4 is 45.4 Å². The molecule has 2 rings (SSSR count). The largest absolute Gasteiger partial charge is 0.497 e. The van der Waals surface area contributed by atoms with Gasteiger partial charge in [0.15, 0.2) is 0 Å². The lowest BCUT2D eigenvalue weighted by Crippen LogP contribution is -2.51. The third kappa shape index (κ3) is 3.82. The minimum Gasteiger partial charge on any atom is -0.497 e. The summed E-state index contributed by atoms with van der Waals surface area (Å²) in [5.74, 6) is 0.762. The molecule has 1 aromatic rings. The Kier molecular flexibility index (Phi) is 5.35. The summed E-state index contributed by atoms with van der Waals surface area (Å²) in [7, 11) is 1.54. The Morgan fingerprint density at radius 2 is 2.29 bits per heavy atom. The molecule has 1 unspecified atom stereocenters. The quantitative estimate of drug-likeness (QED) is 0.849. The molecule has 0 aromatic heterocycles. The molecule has 1 aliphatic rings. The van der Waals surface area contributed by atoms with E-state index in [9.17, 15) is 14.7 Å². The molecule has 0 bridgehead atoms. The van der Waals surface area contributed by atoms with Crippen LogP contribution in [0.1, 0.15) is 0 Å². The van der Waals surface area contributed by atoms with Gasteiger partial charge in [-0.2, -0.15) is 11.8 Å². The number of benzene rings is 1. The van der Waals surface area contributed by atoms with Crippen molar-refractivity contribution in [3.63, 3.8) is 0 Å². The summed E-state index contributed by atoms with van der Waals surface area (Å²) in [5, 5.41) is 11.9. The number of hydrogen-bond acceptors (Lipinski definition) is 4. The van der Waals surface area contributed by atoms with E-state index in [1.807, 2.05) is 0 Å². The number of halogens is 1. The summed E-state index contributed by atoms with van der Waals surface area (Å²) in [6.45, 7) is 0.412. The number of anilines is 1. The van der Waals surface area contributed by atoms with Crippen LogP contribution in [-0.4, -0.2) is 53.2 Å². The van der Waals surface area contributed by atoms with Crippen LogP contribution in [0.15, 0.2) is 22.7 Å². The first kappa shape index (κ1) is 16.0. The predicted octanol–water partition coefficient (Wildman–Crippen LogP) is 2.49. The molecule has 0 spiro atoms. The topological polar surface area (TPSA) is 78.9 Å². The molecule has 21 heavy (non-hydrogen) atoms. The molecule has 2 amide bonds. The molecule has 1 atom stereocenters. The molecule has 114 valence electrons. The Morgan fingerprint density at radius 1 is 1.52 bits per heavy atom. The maximum atomic E-state index is 12.3. The second-order valence-electron chi connectivity index (χ2n) is 4.40. The Bertz CT molecular complexity index is 555. The highest BCUT2D eigenvalue weighted by molar-refractivity contribution is 9.10. The Labute approximate surface area is 135 Å². The number of methoxy groups -OCH3 is 1. The van der Waals surface area contributed by atoms with Gasteiger partial charge in [-0.3, -0.25) is 0 Å². The highest BCUT2D eigenvalue weighted by Gasteiger charge is 2.32. The van der Waals surface area contributed by atoms with Crippen LogP contribution in [-0.2, 0) is 4.79 Å². The second-order valence-corrected chi connectivity index (χ2v) is 6.40. The van der Waals surface area contributed by atoms with Gasteiger partial charge in [0.1, 0.15) is 11.8 Å². The lowest BCUT2D eigenvalue weighted by molar-refractivity contribution is -0.141. The summed E-state index contributed by atoms with van der Waals surface area (Å²) in [6.07, 6.45) is 0. The number of aliphatic carboxylic acids is 1. The molecular formula is C13H15BrN2O4S. The fourth-order valence-corrected chi connectivity index (χ4v) is 3.35. The summed E-state index contributed by atoms with van der Waals surface area (Å²) in [6, 6.07) is 3.98. The van der Waals surface area contributed by atoms with Crippen LogP contribution in [0.25, 0.3) is 0 Å². The summed E-state index contributed by atoms with van der Waals surface area (Å²) < 4.78 is 5.82. The third-order valence-corrected chi connectivity index (χ3v) is 4.80. The number of carbonyl (C=O) groups is 2. The zero-order chi connectivity index (χ0) is 15.4. The van der Waals surface area contributed by atoms with Gasteiger partial charge in [-0.05, 0) is 28.1 Å². The third-order valence-electron chi connectivity index (χ3n) is 3.09. The summed E-state index contributed by atoms with van der Waals surface area (Å²) in [5.41, 5.74) is 0.543. The molecular weight excluding hydrogens is 360 g/mol. The van der Waals surface area contributed by atoms with E-state index < -0.39 is 18.0 Å². The van der Waals surface area contributed by atoms with Gasteiger partial charge in [-0.1, -0.05) is 0 Å². The Morgan fingerprint density at radius 3 is 2.95 bits per heavy atom. The number of carbonyl (C=O) groups excluding carboxylic acids is 1. The molecule has 2 N–H and O–H groups in total. The van der Waals surface area contributed by atoms with Crippen molar-refractivity contribution in [2.24, 2.45) is 0 Å². The maximum absolute atomic E-state index is 12.3. The van der Waals surface area contributed by atoms with Crippen LogP contribution in [0.5, 0.6) is 5.75 Å². The highest BCUT2D eigenvalue weighted by atomic mass is 79.9. The lowest BCUT2D eigenvalue weighted by atomic mass is 10.2. The van der Waals surface area contributed by atoms with E-state index in [0.717, 1.165) is 5.75 Å². The molecule has 0 saturated carbocycles. The van der Waals surface area contributed by atoms with Crippen LogP contribution in [0, 0.1) is 0 Å². The fraction of sp³-hybridized carbons (Fsp3) is 0.385.